The molecule has 0 spiro atoms. The van der Waals surface area contributed by atoms with Gasteiger partial charge in [-0.05, 0) is 64.0 Å². The fourth-order valence-electron chi connectivity index (χ4n) is 2.39. The highest BCUT2D eigenvalue weighted by molar-refractivity contribution is 9.10. The lowest BCUT2D eigenvalue weighted by atomic mass is 10.2. The predicted molar refractivity (Wildman–Crippen MR) is 107 cm³/mol. The third-order valence-corrected chi connectivity index (χ3v) is 5.23. The zero-order chi connectivity index (χ0) is 18.7. The van der Waals surface area contributed by atoms with E-state index < -0.39 is 17.1 Å². The number of nitrogens with zero attached hydrogens (tertiary/aromatic N) is 1. The molecule has 2 aromatic rings. The normalized spacial score (nSPS) is 15.6. The van der Waals surface area contributed by atoms with Crippen molar-refractivity contribution in [2.45, 2.75) is 6.92 Å². The number of benzene rings is 2. The fourth-order valence-corrected chi connectivity index (χ4v) is 3.82. The second-order valence-corrected chi connectivity index (χ2v) is 7.56. The van der Waals surface area contributed by atoms with Gasteiger partial charge >= 0.3 is 0 Å². The fraction of sp³-hybridized carbons (Fsp3) is 0.105. The Morgan fingerprint density at radius 2 is 1.92 bits per heavy atom. The van der Waals surface area contributed by atoms with Crippen molar-refractivity contribution in [3.8, 4) is 0 Å². The minimum absolute atomic E-state index is 0.311. The summed E-state index contributed by atoms with van der Waals surface area (Å²) < 4.78 is 0.740. The Hall–Kier alpha value is -2.38. The van der Waals surface area contributed by atoms with Gasteiger partial charge in [0.15, 0.2) is 0 Å². The van der Waals surface area contributed by atoms with Crippen molar-refractivity contribution in [2.75, 3.05) is 11.9 Å². The van der Waals surface area contributed by atoms with Crippen LogP contribution in [0.4, 0.5) is 10.5 Å². The molecule has 26 heavy (non-hydrogen) atoms. The second-order valence-electron chi connectivity index (χ2n) is 5.71. The molecule has 0 unspecified atom stereocenters. The van der Waals surface area contributed by atoms with Crippen molar-refractivity contribution in [1.29, 1.82) is 0 Å². The lowest BCUT2D eigenvalue weighted by Crippen LogP contribution is -2.36. The molecule has 5 nitrogen and oxygen atoms in total. The molecule has 1 aliphatic rings. The highest BCUT2D eigenvalue weighted by atomic mass is 79.9. The first-order chi connectivity index (χ1) is 12.4. The van der Waals surface area contributed by atoms with E-state index in [1.807, 2.05) is 49.4 Å². The van der Waals surface area contributed by atoms with Gasteiger partial charge in [-0.25, -0.2) is 0 Å². The number of imide groups is 1. The molecule has 0 radical (unpaired) electrons. The number of rotatable bonds is 4. The Morgan fingerprint density at radius 1 is 1.19 bits per heavy atom. The van der Waals surface area contributed by atoms with Crippen LogP contribution in [0.15, 0.2) is 57.9 Å². The van der Waals surface area contributed by atoms with Crippen molar-refractivity contribution >= 4 is 56.5 Å². The van der Waals surface area contributed by atoms with Crippen molar-refractivity contribution in [1.82, 2.24) is 4.90 Å². The van der Waals surface area contributed by atoms with Gasteiger partial charge < -0.3 is 5.32 Å². The maximum absolute atomic E-state index is 12.4. The number of hydrogen-bond donors (Lipinski definition) is 1. The highest BCUT2D eigenvalue weighted by Gasteiger charge is 2.36. The number of halogens is 1. The van der Waals surface area contributed by atoms with Crippen LogP contribution in [0.1, 0.15) is 11.1 Å². The van der Waals surface area contributed by atoms with E-state index in [2.05, 4.69) is 21.2 Å². The molecule has 3 amide bonds. The van der Waals surface area contributed by atoms with Gasteiger partial charge in [-0.3, -0.25) is 19.3 Å². The Balaban J connectivity index is 1.69. The van der Waals surface area contributed by atoms with Crippen LogP contribution in [0, 0.1) is 6.92 Å². The van der Waals surface area contributed by atoms with Gasteiger partial charge in [0.05, 0.1) is 10.6 Å². The molecule has 0 bridgehead atoms. The van der Waals surface area contributed by atoms with Crippen LogP contribution < -0.4 is 5.32 Å². The van der Waals surface area contributed by atoms with Gasteiger partial charge in [0.1, 0.15) is 6.54 Å². The van der Waals surface area contributed by atoms with E-state index in [9.17, 15) is 14.4 Å². The molecule has 1 aliphatic heterocycles. The van der Waals surface area contributed by atoms with Crippen molar-refractivity contribution in [3.63, 3.8) is 0 Å². The maximum atomic E-state index is 12.4. The van der Waals surface area contributed by atoms with E-state index in [1.54, 1.807) is 12.1 Å². The first-order valence-corrected chi connectivity index (χ1v) is 9.41. The van der Waals surface area contributed by atoms with Crippen molar-refractivity contribution in [3.05, 3.63) is 69.0 Å². The monoisotopic (exact) mass is 430 g/mol. The minimum atomic E-state index is -0.457. The van der Waals surface area contributed by atoms with Crippen molar-refractivity contribution in [2.24, 2.45) is 0 Å². The zero-order valence-corrected chi connectivity index (χ0v) is 16.3. The first kappa shape index (κ1) is 18.4. The van der Waals surface area contributed by atoms with Crippen LogP contribution in [0.25, 0.3) is 6.08 Å². The maximum Gasteiger partial charge on any atom is 0.294 e. The Kier molecular flexibility index (Phi) is 5.58. The number of aryl methyl sites for hydroxylation is 1. The molecule has 0 atom stereocenters. The SMILES string of the molecule is Cc1ccc(NC(=O)CN2C(=O)S/C(=C/c3ccccc3)C2=O)c(Br)c1. The first-order valence-electron chi connectivity index (χ1n) is 7.80. The predicted octanol–water partition coefficient (Wildman–Crippen LogP) is 4.43. The van der Waals surface area contributed by atoms with Crippen LogP contribution in [-0.2, 0) is 9.59 Å². The summed E-state index contributed by atoms with van der Waals surface area (Å²) in [5, 5.41) is 2.26. The average molecular weight is 431 g/mol. The number of hydrogen-bond acceptors (Lipinski definition) is 4. The molecule has 0 saturated carbocycles. The summed E-state index contributed by atoms with van der Waals surface area (Å²) in [5.41, 5.74) is 2.46. The van der Waals surface area contributed by atoms with E-state index in [-0.39, 0.29) is 6.54 Å². The summed E-state index contributed by atoms with van der Waals surface area (Å²) in [6, 6.07) is 14.8. The van der Waals surface area contributed by atoms with Gasteiger partial charge in [0.25, 0.3) is 11.1 Å². The Labute approximate surface area is 163 Å². The van der Waals surface area contributed by atoms with Gasteiger partial charge in [0.2, 0.25) is 5.91 Å². The molecule has 0 aromatic heterocycles. The third-order valence-electron chi connectivity index (χ3n) is 3.67. The van der Waals surface area contributed by atoms with Gasteiger partial charge in [-0.15, -0.1) is 0 Å². The summed E-state index contributed by atoms with van der Waals surface area (Å²) in [5.74, 6) is -0.889. The number of carbonyl (C=O) groups is 3. The number of nitrogens with one attached hydrogen (secondary N) is 1. The van der Waals surface area contributed by atoms with Crippen LogP contribution >= 0.6 is 27.7 Å². The van der Waals surface area contributed by atoms with Crippen LogP contribution in [-0.4, -0.2) is 28.5 Å². The standard InChI is InChI=1S/C19H15BrN2O3S/c1-12-7-8-15(14(20)9-12)21-17(23)11-22-18(24)16(26-19(22)25)10-13-5-3-2-4-6-13/h2-10H,11H2,1H3,(H,21,23)/b16-10+. The Bertz CT molecular complexity index is 912. The summed E-state index contributed by atoms with van der Waals surface area (Å²) in [4.78, 5) is 38.1. The highest BCUT2D eigenvalue weighted by Crippen LogP contribution is 2.32. The van der Waals surface area contributed by atoms with E-state index in [0.717, 1.165) is 32.3 Å². The van der Waals surface area contributed by atoms with Gasteiger partial charge in [0, 0.05) is 4.47 Å². The minimum Gasteiger partial charge on any atom is -0.324 e. The zero-order valence-electron chi connectivity index (χ0n) is 13.9. The number of anilines is 1. The van der Waals surface area contributed by atoms with Crippen LogP contribution in [0.2, 0.25) is 0 Å². The topological polar surface area (TPSA) is 66.5 Å². The smallest absolute Gasteiger partial charge is 0.294 e. The lowest BCUT2D eigenvalue weighted by molar-refractivity contribution is -0.127. The van der Waals surface area contributed by atoms with E-state index in [1.165, 1.54) is 0 Å². The molecule has 132 valence electrons. The number of amides is 3. The molecular weight excluding hydrogens is 416 g/mol. The molecule has 1 saturated heterocycles. The molecule has 2 aromatic carbocycles. The molecule has 1 heterocycles. The van der Waals surface area contributed by atoms with E-state index in [0.29, 0.717) is 10.6 Å². The molecule has 1 N–H and O–H groups in total. The van der Waals surface area contributed by atoms with Gasteiger partial charge in [-0.2, -0.15) is 0 Å². The van der Waals surface area contributed by atoms with Crippen LogP contribution in [0.3, 0.4) is 0 Å². The second kappa shape index (κ2) is 7.88. The average Bonchev–Trinajstić information content (AvgIpc) is 2.86. The largest absolute Gasteiger partial charge is 0.324 e. The van der Waals surface area contributed by atoms with Crippen molar-refractivity contribution < 1.29 is 14.4 Å². The summed E-state index contributed by atoms with van der Waals surface area (Å²) in [6.45, 7) is 1.62. The lowest BCUT2D eigenvalue weighted by Gasteiger charge is -2.13. The van der Waals surface area contributed by atoms with E-state index in [4.69, 9.17) is 0 Å². The van der Waals surface area contributed by atoms with Crippen LogP contribution in [0.5, 0.6) is 0 Å². The quantitative estimate of drug-likeness (QED) is 0.728. The third kappa shape index (κ3) is 4.23. The Morgan fingerprint density at radius 3 is 2.62 bits per heavy atom. The summed E-state index contributed by atoms with van der Waals surface area (Å²) in [7, 11) is 0. The number of carbonyl (C=O) groups excluding carboxylic acids is 3. The molecule has 7 heteroatoms. The molecule has 3 rings (SSSR count). The summed E-state index contributed by atoms with van der Waals surface area (Å²) >= 11 is 4.22. The number of thioether (sulfide) groups is 1. The molecule has 0 aliphatic carbocycles. The summed E-state index contributed by atoms with van der Waals surface area (Å²) in [6.07, 6.45) is 1.65. The van der Waals surface area contributed by atoms with E-state index >= 15 is 0 Å². The van der Waals surface area contributed by atoms with Gasteiger partial charge in [-0.1, -0.05) is 36.4 Å². The molecular formula is C19H15BrN2O3S. The molecule has 1 fully saturated rings.